The molecular formula is C15H20N2O5S. The van der Waals surface area contributed by atoms with Crippen molar-refractivity contribution in [3.8, 4) is 0 Å². The van der Waals surface area contributed by atoms with E-state index in [-0.39, 0.29) is 13.2 Å². The predicted molar refractivity (Wildman–Crippen MR) is 85.6 cm³/mol. The summed E-state index contributed by atoms with van der Waals surface area (Å²) in [4.78, 5) is 36.9. The van der Waals surface area contributed by atoms with Crippen molar-refractivity contribution in [3.05, 3.63) is 16.0 Å². The summed E-state index contributed by atoms with van der Waals surface area (Å²) in [7, 11) is 0. The van der Waals surface area contributed by atoms with Gasteiger partial charge in [0.25, 0.3) is 0 Å². The minimum Gasteiger partial charge on any atom is -0.462 e. The van der Waals surface area contributed by atoms with Crippen LogP contribution in [0.5, 0.6) is 0 Å². The number of esters is 1. The van der Waals surface area contributed by atoms with Crippen LogP contribution in [0.1, 0.15) is 41.1 Å². The van der Waals surface area contributed by atoms with E-state index in [9.17, 15) is 14.4 Å². The lowest BCUT2D eigenvalue weighted by atomic mass is 10.1. The van der Waals surface area contributed by atoms with Gasteiger partial charge in [0, 0.05) is 10.9 Å². The molecule has 2 amide bonds. The number of hydrogen-bond donors (Lipinski definition) is 3. The van der Waals surface area contributed by atoms with Gasteiger partial charge in [0.05, 0.1) is 18.8 Å². The van der Waals surface area contributed by atoms with Gasteiger partial charge < -0.3 is 20.5 Å². The normalized spacial score (nSPS) is 14.0. The third kappa shape index (κ3) is 3.89. The number of rotatable bonds is 5. The number of amides is 2. The monoisotopic (exact) mass is 340 g/mol. The summed E-state index contributed by atoms with van der Waals surface area (Å²) in [6.45, 7) is 3.27. The van der Waals surface area contributed by atoms with Crippen LogP contribution in [0, 0.1) is 0 Å². The number of anilines is 1. The minimum absolute atomic E-state index is 0.241. The summed E-state index contributed by atoms with van der Waals surface area (Å²) in [6.07, 6.45) is 2.59. The highest BCUT2D eigenvalue weighted by Crippen LogP contribution is 2.39. The number of nitrogens with one attached hydrogen (secondary N) is 2. The van der Waals surface area contributed by atoms with Gasteiger partial charge in [0.15, 0.2) is 0 Å². The third-order valence-corrected chi connectivity index (χ3v) is 4.69. The molecule has 0 spiro atoms. The van der Waals surface area contributed by atoms with Crippen molar-refractivity contribution in [2.24, 2.45) is 0 Å². The van der Waals surface area contributed by atoms with Crippen molar-refractivity contribution in [3.63, 3.8) is 0 Å². The number of aryl methyl sites for hydroxylation is 1. The van der Waals surface area contributed by atoms with Crippen LogP contribution in [-0.2, 0) is 27.2 Å². The highest BCUT2D eigenvalue weighted by molar-refractivity contribution is 7.17. The van der Waals surface area contributed by atoms with Gasteiger partial charge in [0.2, 0.25) is 0 Å². The summed E-state index contributed by atoms with van der Waals surface area (Å²) in [5.41, 5.74) is 1.27. The molecule has 126 valence electrons. The van der Waals surface area contributed by atoms with Gasteiger partial charge in [-0.3, -0.25) is 9.59 Å². The Balaban J connectivity index is 2.18. The summed E-state index contributed by atoms with van der Waals surface area (Å²) in [6, 6.07) is -0.522. The van der Waals surface area contributed by atoms with Crippen LogP contribution >= 0.6 is 11.3 Å². The standard InChI is InChI=1S/C15H20N2O5S/c1-3-22-15(21)11-9-5-4-6-10(9)23-14(11)17-13(20)12(19)16-8(2)7-18/h8,18H,3-7H2,1-2H3,(H,16,19)(H,17,20)/t8-/m0/s1. The maximum absolute atomic E-state index is 12.2. The number of carbonyl (C=O) groups excluding carboxylic acids is 3. The zero-order chi connectivity index (χ0) is 17.0. The largest absolute Gasteiger partial charge is 0.462 e. The highest BCUT2D eigenvalue weighted by atomic mass is 32.1. The number of fused-ring (bicyclic) bond motifs is 1. The molecule has 0 unspecified atom stereocenters. The van der Waals surface area contributed by atoms with Gasteiger partial charge >= 0.3 is 17.8 Å². The molecule has 0 aromatic carbocycles. The molecule has 0 bridgehead atoms. The summed E-state index contributed by atoms with van der Waals surface area (Å²) in [5, 5.41) is 14.1. The summed E-state index contributed by atoms with van der Waals surface area (Å²) >= 11 is 1.31. The maximum atomic E-state index is 12.2. The van der Waals surface area contributed by atoms with Crippen LogP contribution < -0.4 is 10.6 Å². The molecular weight excluding hydrogens is 320 g/mol. The second-order valence-electron chi connectivity index (χ2n) is 5.29. The van der Waals surface area contributed by atoms with Crippen LogP contribution in [0.15, 0.2) is 0 Å². The smallest absolute Gasteiger partial charge is 0.341 e. The second-order valence-corrected chi connectivity index (χ2v) is 6.40. The van der Waals surface area contributed by atoms with Gasteiger partial charge in [0.1, 0.15) is 5.00 Å². The van der Waals surface area contributed by atoms with Gasteiger partial charge in [-0.2, -0.15) is 0 Å². The Morgan fingerprint density at radius 1 is 1.30 bits per heavy atom. The van der Waals surface area contributed by atoms with Gasteiger partial charge in [-0.15, -0.1) is 11.3 Å². The first-order valence-electron chi connectivity index (χ1n) is 7.52. The van der Waals surface area contributed by atoms with Crippen LogP contribution in [0.25, 0.3) is 0 Å². The highest BCUT2D eigenvalue weighted by Gasteiger charge is 2.29. The zero-order valence-corrected chi connectivity index (χ0v) is 13.9. The fourth-order valence-corrected chi connectivity index (χ4v) is 3.68. The van der Waals surface area contributed by atoms with Crippen molar-refractivity contribution >= 4 is 34.1 Å². The van der Waals surface area contributed by atoms with Crippen molar-refractivity contribution < 1.29 is 24.2 Å². The van der Waals surface area contributed by atoms with Crippen molar-refractivity contribution in [1.82, 2.24) is 5.32 Å². The number of thiophene rings is 1. The van der Waals surface area contributed by atoms with E-state index in [0.29, 0.717) is 10.6 Å². The fourth-order valence-electron chi connectivity index (χ4n) is 2.41. The number of carbonyl (C=O) groups is 3. The molecule has 0 fully saturated rings. The maximum Gasteiger partial charge on any atom is 0.341 e. The van der Waals surface area contributed by atoms with E-state index < -0.39 is 23.8 Å². The van der Waals surface area contributed by atoms with E-state index in [1.165, 1.54) is 11.3 Å². The molecule has 1 heterocycles. The Bertz CT molecular complexity index is 626. The molecule has 23 heavy (non-hydrogen) atoms. The van der Waals surface area contributed by atoms with Crippen molar-refractivity contribution in [1.29, 1.82) is 0 Å². The molecule has 3 N–H and O–H groups in total. The van der Waals surface area contributed by atoms with E-state index in [1.54, 1.807) is 13.8 Å². The first kappa shape index (κ1) is 17.4. The van der Waals surface area contributed by atoms with Crippen molar-refractivity contribution in [2.45, 2.75) is 39.2 Å². The van der Waals surface area contributed by atoms with E-state index in [1.807, 2.05) is 0 Å². The average molecular weight is 340 g/mol. The molecule has 1 aliphatic carbocycles. The Morgan fingerprint density at radius 3 is 2.70 bits per heavy atom. The molecule has 0 aliphatic heterocycles. The van der Waals surface area contributed by atoms with Crippen LogP contribution in [0.4, 0.5) is 5.00 Å². The zero-order valence-electron chi connectivity index (χ0n) is 13.1. The lowest BCUT2D eigenvalue weighted by Crippen LogP contribution is -2.42. The molecule has 1 aromatic rings. The van der Waals surface area contributed by atoms with Crippen LogP contribution in [0.2, 0.25) is 0 Å². The Hall–Kier alpha value is -1.93. The van der Waals surface area contributed by atoms with E-state index in [4.69, 9.17) is 9.84 Å². The molecule has 0 saturated heterocycles. The van der Waals surface area contributed by atoms with Crippen LogP contribution in [-0.4, -0.2) is 42.1 Å². The molecule has 8 heteroatoms. The quantitative estimate of drug-likeness (QED) is 0.544. The molecule has 0 radical (unpaired) electrons. The second kappa shape index (κ2) is 7.56. The molecule has 0 saturated carbocycles. The van der Waals surface area contributed by atoms with E-state index in [2.05, 4.69) is 10.6 Å². The molecule has 1 atom stereocenters. The molecule has 7 nitrogen and oxygen atoms in total. The number of ether oxygens (including phenoxy) is 1. The van der Waals surface area contributed by atoms with Crippen molar-refractivity contribution in [2.75, 3.05) is 18.5 Å². The Kier molecular flexibility index (Phi) is 5.73. The number of hydrogen-bond acceptors (Lipinski definition) is 6. The first-order chi connectivity index (χ1) is 11.0. The van der Waals surface area contributed by atoms with E-state index >= 15 is 0 Å². The van der Waals surface area contributed by atoms with E-state index in [0.717, 1.165) is 29.7 Å². The SMILES string of the molecule is CCOC(=O)c1c(NC(=O)C(=O)N[C@@H](C)CO)sc2c1CCC2. The number of aliphatic hydroxyl groups is 1. The van der Waals surface area contributed by atoms with Gasteiger partial charge in [-0.05, 0) is 38.7 Å². The third-order valence-electron chi connectivity index (χ3n) is 3.49. The molecule has 1 aromatic heterocycles. The summed E-state index contributed by atoms with van der Waals surface area (Å²) in [5.74, 6) is -2.20. The Labute approximate surface area is 138 Å². The molecule has 2 rings (SSSR count). The molecule has 1 aliphatic rings. The lowest BCUT2D eigenvalue weighted by molar-refractivity contribution is -0.136. The predicted octanol–water partition coefficient (Wildman–Crippen LogP) is 0.849. The average Bonchev–Trinajstić information content (AvgIpc) is 3.07. The first-order valence-corrected chi connectivity index (χ1v) is 8.33. The number of aliphatic hydroxyl groups excluding tert-OH is 1. The van der Waals surface area contributed by atoms with Gasteiger partial charge in [-0.25, -0.2) is 4.79 Å². The topological polar surface area (TPSA) is 105 Å². The van der Waals surface area contributed by atoms with Gasteiger partial charge in [-0.1, -0.05) is 0 Å². The Morgan fingerprint density at radius 2 is 2.04 bits per heavy atom. The fraction of sp³-hybridized carbons (Fsp3) is 0.533. The lowest BCUT2D eigenvalue weighted by Gasteiger charge is -2.11. The van der Waals surface area contributed by atoms with Crippen LogP contribution in [0.3, 0.4) is 0 Å². The minimum atomic E-state index is -0.865. The summed E-state index contributed by atoms with van der Waals surface area (Å²) < 4.78 is 5.06.